The van der Waals surface area contributed by atoms with E-state index in [1.54, 1.807) is 23.9 Å². The lowest BCUT2D eigenvalue weighted by Gasteiger charge is -1.73. The van der Waals surface area contributed by atoms with E-state index in [0.29, 0.717) is 0 Å². The molecule has 0 fully saturated rings. The summed E-state index contributed by atoms with van der Waals surface area (Å²) in [7, 11) is 0. The lowest BCUT2D eigenvalue weighted by atomic mass is 10.4. The Morgan fingerprint density at radius 3 is 2.00 bits per heavy atom. The van der Waals surface area contributed by atoms with Gasteiger partial charge in [0.15, 0.2) is 11.2 Å². The molecule has 0 aliphatic heterocycles. The van der Waals surface area contributed by atoms with Gasteiger partial charge in [-0.2, -0.15) is 0 Å². The van der Waals surface area contributed by atoms with E-state index in [-0.39, 0.29) is 0 Å². The van der Waals surface area contributed by atoms with E-state index in [2.05, 4.69) is 0 Å². The highest BCUT2D eigenvalue weighted by molar-refractivity contribution is 7.25. The summed E-state index contributed by atoms with van der Waals surface area (Å²) in [5.41, 5.74) is 1.74. The summed E-state index contributed by atoms with van der Waals surface area (Å²) in [6, 6.07) is 3.91. The first kappa shape index (κ1) is 5.43. The van der Waals surface area contributed by atoms with Crippen molar-refractivity contribution < 1.29 is 8.83 Å². The molecule has 0 aliphatic rings. The van der Waals surface area contributed by atoms with Gasteiger partial charge in [-0.05, 0) is 12.1 Å². The van der Waals surface area contributed by atoms with Crippen LogP contribution < -0.4 is 0 Å². The van der Waals surface area contributed by atoms with Crippen molar-refractivity contribution in [3.8, 4) is 0 Å². The van der Waals surface area contributed by atoms with E-state index < -0.39 is 0 Å². The van der Waals surface area contributed by atoms with E-state index in [4.69, 9.17) is 8.83 Å². The molecule has 0 aliphatic carbocycles. The minimum atomic E-state index is 0.870. The predicted octanol–water partition coefficient (Wildman–Crippen LogP) is 3.24. The maximum atomic E-state index is 5.25. The van der Waals surface area contributed by atoms with Crippen LogP contribution in [0, 0.1) is 0 Å². The molecule has 0 bridgehead atoms. The lowest BCUT2D eigenvalue weighted by molar-refractivity contribution is 0.583. The van der Waals surface area contributed by atoms with E-state index in [1.165, 1.54) is 0 Å². The van der Waals surface area contributed by atoms with Gasteiger partial charge in [-0.15, -0.1) is 11.3 Å². The van der Waals surface area contributed by atoms with Crippen molar-refractivity contribution in [1.82, 2.24) is 0 Å². The zero-order chi connectivity index (χ0) is 7.26. The zero-order valence-corrected chi connectivity index (χ0v) is 6.35. The third-order valence-electron chi connectivity index (χ3n) is 1.68. The molecule has 54 valence electrons. The average molecular weight is 164 g/mol. The number of hydrogen-bond acceptors (Lipinski definition) is 3. The van der Waals surface area contributed by atoms with Gasteiger partial charge in [0.25, 0.3) is 0 Å². The van der Waals surface area contributed by atoms with Crippen molar-refractivity contribution in [1.29, 1.82) is 0 Å². The van der Waals surface area contributed by atoms with Crippen LogP contribution in [0.4, 0.5) is 0 Å². The third kappa shape index (κ3) is 0.563. The van der Waals surface area contributed by atoms with Crippen LogP contribution in [0.3, 0.4) is 0 Å². The summed E-state index contributed by atoms with van der Waals surface area (Å²) >= 11 is 1.69. The van der Waals surface area contributed by atoms with Gasteiger partial charge in [0.1, 0.15) is 0 Å². The lowest BCUT2D eigenvalue weighted by Crippen LogP contribution is -1.46. The first-order valence-electron chi connectivity index (χ1n) is 3.28. The van der Waals surface area contributed by atoms with Crippen LogP contribution in [0.25, 0.3) is 20.6 Å². The molecule has 3 heteroatoms. The Labute approximate surface area is 66.0 Å². The van der Waals surface area contributed by atoms with Crippen molar-refractivity contribution in [3.63, 3.8) is 0 Å². The first-order valence-corrected chi connectivity index (χ1v) is 4.10. The summed E-state index contributed by atoms with van der Waals surface area (Å²) < 4.78 is 12.8. The summed E-state index contributed by atoms with van der Waals surface area (Å²) in [5.74, 6) is 0. The number of hydrogen-bond donors (Lipinski definition) is 0. The highest BCUT2D eigenvalue weighted by Crippen LogP contribution is 2.34. The van der Waals surface area contributed by atoms with E-state index in [0.717, 1.165) is 20.6 Å². The van der Waals surface area contributed by atoms with E-state index in [1.807, 2.05) is 12.1 Å². The predicted molar refractivity (Wildman–Crippen MR) is 43.9 cm³/mol. The summed E-state index contributed by atoms with van der Waals surface area (Å²) in [4.78, 5) is 0. The molecule has 0 unspecified atom stereocenters. The molecule has 0 saturated carbocycles. The maximum Gasteiger partial charge on any atom is 0.187 e. The van der Waals surface area contributed by atoms with E-state index >= 15 is 0 Å². The van der Waals surface area contributed by atoms with Crippen LogP contribution in [0.1, 0.15) is 0 Å². The van der Waals surface area contributed by atoms with Crippen molar-refractivity contribution in [2.75, 3.05) is 0 Å². The summed E-state index contributed by atoms with van der Waals surface area (Å²) in [6.45, 7) is 0. The summed E-state index contributed by atoms with van der Waals surface area (Å²) in [5, 5.41) is 0. The van der Waals surface area contributed by atoms with Crippen molar-refractivity contribution in [2.45, 2.75) is 0 Å². The fraction of sp³-hybridized carbons (Fsp3) is 0. The molecular weight excluding hydrogens is 160 g/mol. The van der Waals surface area contributed by atoms with Crippen molar-refractivity contribution >= 4 is 31.9 Å². The molecule has 0 amide bonds. The standard InChI is InChI=1S/C8H4O2S/c1-3-9-7-5(1)11-6-2-4-10-8(6)7/h1-4H. The minimum Gasteiger partial charge on any atom is -0.459 e. The molecule has 3 aromatic rings. The van der Waals surface area contributed by atoms with Gasteiger partial charge in [0.05, 0.1) is 21.9 Å². The maximum absolute atomic E-state index is 5.25. The van der Waals surface area contributed by atoms with Crippen molar-refractivity contribution in [2.24, 2.45) is 0 Å². The Morgan fingerprint density at radius 2 is 1.45 bits per heavy atom. The van der Waals surface area contributed by atoms with Crippen LogP contribution in [0.5, 0.6) is 0 Å². The Balaban J connectivity index is 2.75. The van der Waals surface area contributed by atoms with Crippen LogP contribution in [0.2, 0.25) is 0 Å². The van der Waals surface area contributed by atoms with Crippen LogP contribution >= 0.6 is 11.3 Å². The van der Waals surface area contributed by atoms with Gasteiger partial charge in [-0.3, -0.25) is 0 Å². The largest absolute Gasteiger partial charge is 0.459 e. The quantitative estimate of drug-likeness (QED) is 0.509. The normalized spacial score (nSPS) is 11.6. The van der Waals surface area contributed by atoms with Gasteiger partial charge >= 0.3 is 0 Å². The Bertz CT molecular complexity index is 455. The zero-order valence-electron chi connectivity index (χ0n) is 5.53. The van der Waals surface area contributed by atoms with Crippen LogP contribution in [0.15, 0.2) is 33.5 Å². The molecular formula is C8H4O2S. The Morgan fingerprint density at radius 1 is 0.909 bits per heavy atom. The minimum absolute atomic E-state index is 0.870. The molecule has 0 atom stereocenters. The Hall–Kier alpha value is -1.22. The number of furan rings is 2. The molecule has 0 aromatic carbocycles. The molecule has 0 radical (unpaired) electrons. The molecule has 3 heterocycles. The Kier molecular flexibility index (Phi) is 0.830. The van der Waals surface area contributed by atoms with Gasteiger partial charge in [-0.1, -0.05) is 0 Å². The van der Waals surface area contributed by atoms with Gasteiger partial charge < -0.3 is 8.83 Å². The number of rotatable bonds is 0. The second kappa shape index (κ2) is 1.68. The highest BCUT2D eigenvalue weighted by atomic mass is 32.1. The fourth-order valence-corrected chi connectivity index (χ4v) is 2.16. The van der Waals surface area contributed by atoms with E-state index in [9.17, 15) is 0 Å². The monoisotopic (exact) mass is 164 g/mol. The molecule has 0 saturated heterocycles. The second-order valence-electron chi connectivity index (χ2n) is 2.33. The van der Waals surface area contributed by atoms with Gasteiger partial charge in [-0.25, -0.2) is 0 Å². The molecule has 3 aromatic heterocycles. The topological polar surface area (TPSA) is 26.3 Å². The van der Waals surface area contributed by atoms with Crippen LogP contribution in [-0.4, -0.2) is 0 Å². The summed E-state index contributed by atoms with van der Waals surface area (Å²) in [6.07, 6.45) is 3.37. The molecule has 0 N–H and O–H groups in total. The van der Waals surface area contributed by atoms with Gasteiger partial charge in [0, 0.05) is 0 Å². The average Bonchev–Trinajstić information content (AvgIpc) is 2.52. The highest BCUT2D eigenvalue weighted by Gasteiger charge is 2.09. The molecule has 11 heavy (non-hydrogen) atoms. The molecule has 3 rings (SSSR count). The van der Waals surface area contributed by atoms with Gasteiger partial charge in [0.2, 0.25) is 0 Å². The number of thiophene rings is 1. The molecule has 0 spiro atoms. The first-order chi connectivity index (χ1) is 5.45. The smallest absolute Gasteiger partial charge is 0.187 e. The SMILES string of the molecule is c1cc2sc3ccoc3c2o1. The number of fused-ring (bicyclic) bond motifs is 3. The van der Waals surface area contributed by atoms with Crippen LogP contribution in [-0.2, 0) is 0 Å². The van der Waals surface area contributed by atoms with Crippen molar-refractivity contribution in [3.05, 3.63) is 24.7 Å². The fourth-order valence-electron chi connectivity index (χ4n) is 1.21. The second-order valence-corrected chi connectivity index (χ2v) is 3.41. The molecule has 2 nitrogen and oxygen atoms in total. The third-order valence-corrected chi connectivity index (χ3v) is 2.77.